The van der Waals surface area contributed by atoms with E-state index in [4.69, 9.17) is 0 Å². The second kappa shape index (κ2) is 7.28. The molecule has 0 spiro atoms. The molecule has 1 aromatic carbocycles. The first-order valence-corrected chi connectivity index (χ1v) is 9.58. The Morgan fingerprint density at radius 1 is 1.17 bits per heavy atom. The highest BCUT2D eigenvalue weighted by Gasteiger charge is 2.46. The molecule has 0 fully saturated rings. The molecular weight excluding hydrogens is 413 g/mol. The first-order chi connectivity index (χ1) is 13.5. The Balaban J connectivity index is 1.95. The van der Waals surface area contributed by atoms with Crippen molar-refractivity contribution in [1.29, 1.82) is 0 Å². The molecule has 2 heterocycles. The lowest BCUT2D eigenvalue weighted by Gasteiger charge is -2.09. The number of pyridine rings is 1. The summed E-state index contributed by atoms with van der Waals surface area (Å²) in [6, 6.07) is 6.86. The number of alkyl halides is 3. The van der Waals surface area contributed by atoms with Gasteiger partial charge in [-0.15, -0.1) is 0 Å². The third-order valence-electron chi connectivity index (χ3n) is 4.08. The Morgan fingerprint density at radius 2 is 1.83 bits per heavy atom. The molecule has 2 N–H and O–H groups in total. The monoisotopic (exact) mass is 428 g/mol. The molecular formula is C17H15F3N4O4S. The van der Waals surface area contributed by atoms with Crippen LogP contribution in [0.25, 0.3) is 5.69 Å². The number of imidazole rings is 1. The lowest BCUT2D eigenvalue weighted by molar-refractivity contribution is -0.0436. The van der Waals surface area contributed by atoms with Crippen LogP contribution in [0, 0.1) is 0 Å². The number of aromatic nitrogens is 3. The third kappa shape index (κ3) is 3.83. The Bertz CT molecular complexity index is 1200. The molecule has 0 atom stereocenters. The summed E-state index contributed by atoms with van der Waals surface area (Å²) in [5, 5.41) is 13.0. The highest BCUT2D eigenvalue weighted by molar-refractivity contribution is 7.92. The lowest BCUT2D eigenvalue weighted by atomic mass is 10.2. The fourth-order valence-electron chi connectivity index (χ4n) is 2.65. The first kappa shape index (κ1) is 20.5. The summed E-state index contributed by atoms with van der Waals surface area (Å²) in [7, 11) is -3.82. The normalized spacial score (nSPS) is 12.1. The highest BCUT2D eigenvalue weighted by Crippen LogP contribution is 2.30. The standard InChI is InChI=1S/C17H15F3N4O4S/c1-21-14-8-11(6-7-22-14)9-23-10-15(25)24(16(23)26)12-2-4-13(5-3-12)29(27,28)17(18,19)20/h2-8,10,25H,9H2,1H3,(H,21,22). The zero-order valence-corrected chi connectivity index (χ0v) is 15.7. The van der Waals surface area contributed by atoms with Gasteiger partial charge in [-0.05, 0) is 42.0 Å². The van der Waals surface area contributed by atoms with Crippen LogP contribution in [0.4, 0.5) is 19.0 Å². The molecule has 0 aliphatic carbocycles. The molecule has 3 aromatic rings. The van der Waals surface area contributed by atoms with Gasteiger partial charge in [0.05, 0.1) is 23.3 Å². The molecule has 0 radical (unpaired) electrons. The summed E-state index contributed by atoms with van der Waals surface area (Å²) >= 11 is 0. The van der Waals surface area contributed by atoms with Crippen LogP contribution < -0.4 is 11.0 Å². The lowest BCUT2D eigenvalue weighted by Crippen LogP contribution is -2.24. The zero-order chi connectivity index (χ0) is 21.4. The van der Waals surface area contributed by atoms with E-state index in [0.29, 0.717) is 5.82 Å². The number of anilines is 1. The number of rotatable bonds is 5. The van der Waals surface area contributed by atoms with Crippen molar-refractivity contribution in [2.24, 2.45) is 0 Å². The van der Waals surface area contributed by atoms with Gasteiger partial charge in [0.1, 0.15) is 5.82 Å². The fourth-order valence-corrected chi connectivity index (χ4v) is 3.41. The summed E-state index contributed by atoms with van der Waals surface area (Å²) in [6.07, 6.45) is 2.71. The molecule has 0 saturated carbocycles. The number of nitrogens with one attached hydrogen (secondary N) is 1. The van der Waals surface area contributed by atoms with Crippen molar-refractivity contribution < 1.29 is 26.7 Å². The smallest absolute Gasteiger partial charge is 0.493 e. The third-order valence-corrected chi connectivity index (χ3v) is 5.58. The van der Waals surface area contributed by atoms with Crippen LogP contribution in [0.3, 0.4) is 0 Å². The van der Waals surface area contributed by atoms with Crippen molar-refractivity contribution in [1.82, 2.24) is 14.1 Å². The SMILES string of the molecule is CNc1cc(Cn2cc(O)n(-c3ccc(S(=O)(=O)C(F)(F)F)cc3)c2=O)ccn1. The molecule has 0 saturated heterocycles. The molecule has 0 aliphatic rings. The maximum absolute atomic E-state index is 12.6. The average Bonchev–Trinajstić information content (AvgIpc) is 2.94. The second-order valence-corrected chi connectivity index (χ2v) is 7.92. The predicted molar refractivity (Wildman–Crippen MR) is 97.8 cm³/mol. The Labute approximate surface area is 162 Å². The van der Waals surface area contributed by atoms with E-state index in [9.17, 15) is 31.5 Å². The van der Waals surface area contributed by atoms with E-state index in [1.807, 2.05) is 0 Å². The Morgan fingerprint density at radius 3 is 2.41 bits per heavy atom. The first-order valence-electron chi connectivity index (χ1n) is 8.10. The van der Waals surface area contributed by atoms with Gasteiger partial charge in [-0.3, -0.25) is 4.57 Å². The minimum Gasteiger partial charge on any atom is -0.493 e. The van der Waals surface area contributed by atoms with Crippen molar-refractivity contribution in [2.45, 2.75) is 16.9 Å². The van der Waals surface area contributed by atoms with E-state index in [1.165, 1.54) is 10.8 Å². The fraction of sp³-hybridized carbons (Fsp3) is 0.176. The van der Waals surface area contributed by atoms with Gasteiger partial charge in [0, 0.05) is 13.2 Å². The molecule has 29 heavy (non-hydrogen) atoms. The van der Waals surface area contributed by atoms with Crippen molar-refractivity contribution in [2.75, 3.05) is 12.4 Å². The quantitative estimate of drug-likeness (QED) is 0.645. The highest BCUT2D eigenvalue weighted by atomic mass is 32.2. The van der Waals surface area contributed by atoms with E-state index in [1.54, 1.807) is 25.4 Å². The van der Waals surface area contributed by atoms with Gasteiger partial charge >= 0.3 is 11.2 Å². The van der Waals surface area contributed by atoms with Gasteiger partial charge in [-0.2, -0.15) is 13.2 Å². The summed E-state index contributed by atoms with van der Waals surface area (Å²) in [4.78, 5) is 15.7. The number of benzene rings is 1. The zero-order valence-electron chi connectivity index (χ0n) is 14.9. The van der Waals surface area contributed by atoms with Crippen LogP contribution in [-0.4, -0.2) is 40.2 Å². The van der Waals surface area contributed by atoms with Gasteiger partial charge in [0.2, 0.25) is 5.88 Å². The van der Waals surface area contributed by atoms with E-state index in [-0.39, 0.29) is 12.2 Å². The minimum atomic E-state index is -5.50. The van der Waals surface area contributed by atoms with Crippen molar-refractivity contribution in [3.8, 4) is 11.6 Å². The van der Waals surface area contributed by atoms with E-state index >= 15 is 0 Å². The van der Waals surface area contributed by atoms with Crippen LogP contribution in [0.5, 0.6) is 5.88 Å². The van der Waals surface area contributed by atoms with Gasteiger partial charge in [-0.25, -0.2) is 22.8 Å². The number of aromatic hydroxyl groups is 1. The van der Waals surface area contributed by atoms with E-state index < -0.39 is 31.8 Å². The average molecular weight is 428 g/mol. The van der Waals surface area contributed by atoms with E-state index in [2.05, 4.69) is 10.3 Å². The largest absolute Gasteiger partial charge is 0.501 e. The second-order valence-electron chi connectivity index (χ2n) is 5.98. The number of hydrogen-bond acceptors (Lipinski definition) is 6. The van der Waals surface area contributed by atoms with Gasteiger partial charge in [0.15, 0.2) is 0 Å². The minimum absolute atomic E-state index is 0.0121. The van der Waals surface area contributed by atoms with Crippen molar-refractivity contribution in [3.63, 3.8) is 0 Å². The van der Waals surface area contributed by atoms with Crippen LogP contribution in [0.2, 0.25) is 0 Å². The summed E-state index contributed by atoms with van der Waals surface area (Å²) < 4.78 is 62.8. The molecule has 8 nitrogen and oxygen atoms in total. The van der Waals surface area contributed by atoms with Crippen LogP contribution >= 0.6 is 0 Å². The number of sulfone groups is 1. The molecule has 2 aromatic heterocycles. The van der Waals surface area contributed by atoms with Crippen LogP contribution in [-0.2, 0) is 16.4 Å². The van der Waals surface area contributed by atoms with Crippen LogP contribution in [0.1, 0.15) is 5.56 Å². The molecule has 12 heteroatoms. The summed E-state index contributed by atoms with van der Waals surface area (Å²) in [6.45, 7) is 0.108. The summed E-state index contributed by atoms with van der Waals surface area (Å²) in [5.74, 6) is 0.130. The molecule has 3 rings (SSSR count). The predicted octanol–water partition coefficient (Wildman–Crippen LogP) is 2.12. The molecule has 0 amide bonds. The van der Waals surface area contributed by atoms with E-state index in [0.717, 1.165) is 34.4 Å². The molecule has 0 unspecified atom stereocenters. The molecule has 154 valence electrons. The van der Waals surface area contributed by atoms with Crippen LogP contribution in [0.15, 0.2) is 58.5 Å². The van der Waals surface area contributed by atoms with Gasteiger partial charge in [-0.1, -0.05) is 0 Å². The Hall–Kier alpha value is -3.28. The number of hydrogen-bond donors (Lipinski definition) is 2. The maximum atomic E-state index is 12.6. The number of halogens is 3. The van der Waals surface area contributed by atoms with Crippen molar-refractivity contribution in [3.05, 3.63) is 64.8 Å². The number of nitrogens with zero attached hydrogens (tertiary/aromatic N) is 3. The molecule has 0 aliphatic heterocycles. The molecule has 0 bridgehead atoms. The maximum Gasteiger partial charge on any atom is 0.501 e. The Kier molecular flexibility index (Phi) is 5.13. The topological polar surface area (TPSA) is 106 Å². The summed E-state index contributed by atoms with van der Waals surface area (Å²) in [5.41, 5.74) is -5.36. The van der Waals surface area contributed by atoms with Gasteiger partial charge in [0.25, 0.3) is 9.84 Å². The van der Waals surface area contributed by atoms with Crippen molar-refractivity contribution >= 4 is 15.7 Å². The van der Waals surface area contributed by atoms with Gasteiger partial charge < -0.3 is 10.4 Å².